The smallest absolute Gasteiger partial charge is 0.257 e. The van der Waals surface area contributed by atoms with Gasteiger partial charge in [-0.3, -0.25) is 9.59 Å². The van der Waals surface area contributed by atoms with Crippen LogP contribution >= 0.6 is 0 Å². The average Bonchev–Trinajstić information content (AvgIpc) is 2.85. The predicted octanol–water partition coefficient (Wildman–Crippen LogP) is 3.15. The molecule has 1 aromatic carbocycles. The Hall–Kier alpha value is -2.04. The minimum absolute atomic E-state index is 0.00920. The van der Waals surface area contributed by atoms with Gasteiger partial charge in [-0.1, -0.05) is 33.8 Å². The average molecular weight is 346 g/mol. The van der Waals surface area contributed by atoms with Gasteiger partial charge in [0.05, 0.1) is 12.7 Å². The fraction of sp³-hybridized carbons (Fsp3) is 0.600. The van der Waals surface area contributed by atoms with E-state index in [1.807, 2.05) is 41.8 Å². The fourth-order valence-electron chi connectivity index (χ4n) is 3.13. The van der Waals surface area contributed by atoms with E-state index in [2.05, 4.69) is 13.8 Å². The third kappa shape index (κ3) is 4.53. The van der Waals surface area contributed by atoms with E-state index >= 15 is 0 Å². The van der Waals surface area contributed by atoms with Crippen LogP contribution in [-0.2, 0) is 4.79 Å². The first-order chi connectivity index (χ1) is 11.8. The Balaban J connectivity index is 2.18. The van der Waals surface area contributed by atoms with E-state index in [0.29, 0.717) is 43.4 Å². The van der Waals surface area contributed by atoms with Crippen molar-refractivity contribution in [2.75, 3.05) is 33.3 Å². The van der Waals surface area contributed by atoms with Crippen LogP contribution in [-0.4, -0.2) is 54.9 Å². The van der Waals surface area contributed by atoms with E-state index < -0.39 is 0 Å². The number of benzene rings is 1. The normalized spacial score (nSPS) is 15.5. The van der Waals surface area contributed by atoms with Crippen LogP contribution in [0.15, 0.2) is 18.2 Å². The van der Waals surface area contributed by atoms with Crippen LogP contribution in [0.5, 0.6) is 5.75 Å². The number of hydrogen-bond acceptors (Lipinski definition) is 3. The Labute approximate surface area is 150 Å². The van der Waals surface area contributed by atoms with Crippen molar-refractivity contribution in [3.05, 3.63) is 29.3 Å². The number of hydrogen-bond donors (Lipinski definition) is 0. The number of methoxy groups -OCH3 is 1. The zero-order chi connectivity index (χ0) is 18.6. The summed E-state index contributed by atoms with van der Waals surface area (Å²) in [5.41, 5.74) is 1.73. The van der Waals surface area contributed by atoms with Gasteiger partial charge in [-0.05, 0) is 30.0 Å². The summed E-state index contributed by atoms with van der Waals surface area (Å²) >= 11 is 0. The van der Waals surface area contributed by atoms with Gasteiger partial charge >= 0.3 is 0 Å². The molecule has 0 aliphatic carbocycles. The first kappa shape index (κ1) is 19.3. The minimum atomic E-state index is -0.0156. The van der Waals surface area contributed by atoms with Crippen LogP contribution in [0.3, 0.4) is 0 Å². The summed E-state index contributed by atoms with van der Waals surface area (Å²) in [6.45, 7) is 10.6. The summed E-state index contributed by atoms with van der Waals surface area (Å²) in [4.78, 5) is 29.0. The SMILES string of the molecule is COc1ccc(C(C)C)cc1C(=O)N1CCCN(C(=O)C(C)C)CC1. The Morgan fingerprint density at radius 1 is 1.00 bits per heavy atom. The van der Waals surface area contributed by atoms with Gasteiger partial charge in [0.1, 0.15) is 5.75 Å². The molecule has 1 aliphatic heterocycles. The predicted molar refractivity (Wildman–Crippen MR) is 99.0 cm³/mol. The molecule has 0 radical (unpaired) electrons. The summed E-state index contributed by atoms with van der Waals surface area (Å²) in [7, 11) is 1.59. The van der Waals surface area contributed by atoms with Crippen molar-refractivity contribution in [3.63, 3.8) is 0 Å². The third-order valence-electron chi connectivity index (χ3n) is 4.71. The van der Waals surface area contributed by atoms with Gasteiger partial charge in [-0.2, -0.15) is 0 Å². The number of nitrogens with zero attached hydrogens (tertiary/aromatic N) is 2. The Kier molecular flexibility index (Phi) is 6.45. The van der Waals surface area contributed by atoms with Crippen molar-refractivity contribution >= 4 is 11.8 Å². The molecule has 2 rings (SSSR count). The van der Waals surface area contributed by atoms with Gasteiger partial charge in [0.2, 0.25) is 5.91 Å². The number of ether oxygens (including phenoxy) is 1. The topological polar surface area (TPSA) is 49.9 Å². The number of carbonyl (C=O) groups is 2. The zero-order valence-electron chi connectivity index (χ0n) is 16.0. The van der Waals surface area contributed by atoms with Crippen LogP contribution in [0.2, 0.25) is 0 Å². The van der Waals surface area contributed by atoms with E-state index in [9.17, 15) is 9.59 Å². The standard InChI is InChI=1S/C20H30N2O3/c1-14(2)16-7-8-18(25-5)17(13-16)20(24)22-10-6-9-21(11-12-22)19(23)15(3)4/h7-8,13-15H,6,9-12H2,1-5H3. The highest BCUT2D eigenvalue weighted by Gasteiger charge is 2.25. The quantitative estimate of drug-likeness (QED) is 0.841. The number of carbonyl (C=O) groups excluding carboxylic acids is 2. The van der Waals surface area contributed by atoms with Gasteiger partial charge in [0.25, 0.3) is 5.91 Å². The van der Waals surface area contributed by atoms with Gasteiger partial charge < -0.3 is 14.5 Å². The maximum absolute atomic E-state index is 13.1. The largest absolute Gasteiger partial charge is 0.496 e. The highest BCUT2D eigenvalue weighted by Crippen LogP contribution is 2.26. The molecule has 1 aromatic rings. The van der Waals surface area contributed by atoms with Gasteiger partial charge in [-0.25, -0.2) is 0 Å². The van der Waals surface area contributed by atoms with Crippen molar-refractivity contribution in [2.45, 2.75) is 40.0 Å². The number of amides is 2. The molecule has 25 heavy (non-hydrogen) atoms. The fourth-order valence-corrected chi connectivity index (χ4v) is 3.13. The molecular weight excluding hydrogens is 316 g/mol. The van der Waals surface area contributed by atoms with Crippen molar-refractivity contribution in [2.24, 2.45) is 5.92 Å². The van der Waals surface area contributed by atoms with Crippen molar-refractivity contribution in [1.82, 2.24) is 9.80 Å². The van der Waals surface area contributed by atoms with Crippen LogP contribution in [0.4, 0.5) is 0 Å². The van der Waals surface area contributed by atoms with E-state index in [-0.39, 0.29) is 17.7 Å². The Bertz CT molecular complexity index is 625. The second-order valence-electron chi connectivity index (χ2n) is 7.24. The molecule has 5 heteroatoms. The lowest BCUT2D eigenvalue weighted by molar-refractivity contribution is -0.134. The third-order valence-corrected chi connectivity index (χ3v) is 4.71. The molecule has 1 fully saturated rings. The van der Waals surface area contributed by atoms with Crippen molar-refractivity contribution < 1.29 is 14.3 Å². The molecule has 1 aliphatic rings. The van der Waals surface area contributed by atoms with Crippen molar-refractivity contribution in [3.8, 4) is 5.75 Å². The molecule has 0 bridgehead atoms. The second kappa shape index (κ2) is 8.37. The van der Waals surface area contributed by atoms with Gasteiger partial charge in [0, 0.05) is 32.1 Å². The molecular formula is C20H30N2O3. The molecule has 0 saturated carbocycles. The maximum Gasteiger partial charge on any atom is 0.257 e. The lowest BCUT2D eigenvalue weighted by atomic mass is 9.99. The molecule has 138 valence electrons. The molecule has 0 N–H and O–H groups in total. The first-order valence-corrected chi connectivity index (χ1v) is 9.11. The first-order valence-electron chi connectivity index (χ1n) is 9.11. The summed E-state index contributed by atoms with van der Waals surface area (Å²) in [5, 5.41) is 0. The molecule has 2 amide bonds. The molecule has 1 heterocycles. The van der Waals surface area contributed by atoms with E-state index in [4.69, 9.17) is 4.74 Å². The monoisotopic (exact) mass is 346 g/mol. The van der Waals surface area contributed by atoms with Crippen LogP contribution in [0, 0.1) is 5.92 Å². The van der Waals surface area contributed by atoms with Gasteiger partial charge in [0.15, 0.2) is 0 Å². The maximum atomic E-state index is 13.1. The highest BCUT2D eigenvalue weighted by atomic mass is 16.5. The second-order valence-corrected chi connectivity index (χ2v) is 7.24. The molecule has 0 spiro atoms. The number of rotatable bonds is 4. The van der Waals surface area contributed by atoms with Crippen LogP contribution < -0.4 is 4.74 Å². The molecule has 0 unspecified atom stereocenters. The summed E-state index contributed by atoms with van der Waals surface area (Å²) in [5.74, 6) is 1.09. The zero-order valence-corrected chi connectivity index (χ0v) is 16.0. The summed E-state index contributed by atoms with van der Waals surface area (Å²) < 4.78 is 5.40. The van der Waals surface area contributed by atoms with Crippen LogP contribution in [0.1, 0.15) is 56.0 Å². The minimum Gasteiger partial charge on any atom is -0.496 e. The van der Waals surface area contributed by atoms with Crippen molar-refractivity contribution in [1.29, 1.82) is 0 Å². The van der Waals surface area contributed by atoms with E-state index in [1.54, 1.807) is 7.11 Å². The lowest BCUT2D eigenvalue weighted by Gasteiger charge is -2.24. The highest BCUT2D eigenvalue weighted by molar-refractivity contribution is 5.97. The van der Waals surface area contributed by atoms with E-state index in [1.165, 1.54) is 0 Å². The molecule has 5 nitrogen and oxygen atoms in total. The molecule has 0 atom stereocenters. The lowest BCUT2D eigenvalue weighted by Crippen LogP contribution is -2.39. The molecule has 1 saturated heterocycles. The summed E-state index contributed by atoms with van der Waals surface area (Å²) in [6, 6.07) is 5.81. The van der Waals surface area contributed by atoms with Crippen LogP contribution in [0.25, 0.3) is 0 Å². The van der Waals surface area contributed by atoms with E-state index in [0.717, 1.165) is 12.0 Å². The molecule has 0 aromatic heterocycles. The Morgan fingerprint density at radius 2 is 1.64 bits per heavy atom. The summed E-state index contributed by atoms with van der Waals surface area (Å²) in [6.07, 6.45) is 0.802. The van der Waals surface area contributed by atoms with Gasteiger partial charge in [-0.15, -0.1) is 0 Å². The Morgan fingerprint density at radius 3 is 2.24 bits per heavy atom.